The number of aromatic nitrogens is 3. The number of Topliss-reactive ketones (excluding diaryl/α,β-unsaturated/α-hetero) is 1. The van der Waals surface area contributed by atoms with Gasteiger partial charge in [-0.1, -0.05) is 19.1 Å². The van der Waals surface area contributed by atoms with Crippen LogP contribution in [0.25, 0.3) is 22.3 Å². The molecular formula is C22H25N3O5S2. The second-order valence-corrected chi connectivity index (χ2v) is 13.3. The lowest BCUT2D eigenvalue weighted by Gasteiger charge is -2.37. The van der Waals surface area contributed by atoms with Gasteiger partial charge in [0, 0.05) is 41.5 Å². The van der Waals surface area contributed by atoms with Crippen molar-refractivity contribution in [2.75, 3.05) is 17.8 Å². The molecule has 1 aliphatic heterocycles. The summed E-state index contributed by atoms with van der Waals surface area (Å²) in [5.74, 6) is -0.118. The number of carbonyl (C=O) groups is 1. The van der Waals surface area contributed by atoms with E-state index in [9.17, 15) is 21.6 Å². The van der Waals surface area contributed by atoms with Crippen LogP contribution in [-0.2, 0) is 19.7 Å². The maximum Gasteiger partial charge on any atom is 0.175 e. The molecule has 10 heteroatoms. The molecule has 0 unspecified atom stereocenters. The van der Waals surface area contributed by atoms with Gasteiger partial charge >= 0.3 is 0 Å². The van der Waals surface area contributed by atoms with Gasteiger partial charge in [-0.05, 0) is 32.0 Å². The van der Waals surface area contributed by atoms with Gasteiger partial charge < -0.3 is 0 Å². The first kappa shape index (κ1) is 22.6. The van der Waals surface area contributed by atoms with Crippen molar-refractivity contribution in [3.8, 4) is 11.3 Å². The molecule has 8 nitrogen and oxygen atoms in total. The van der Waals surface area contributed by atoms with Gasteiger partial charge in [0.05, 0.1) is 21.9 Å². The van der Waals surface area contributed by atoms with Crippen molar-refractivity contribution in [3.63, 3.8) is 0 Å². The highest BCUT2D eigenvalue weighted by atomic mass is 32.2. The largest absolute Gasteiger partial charge is 0.294 e. The number of benzene rings is 1. The molecule has 0 radical (unpaired) electrons. The second-order valence-electron chi connectivity index (χ2n) is 9.22. The quantitative estimate of drug-likeness (QED) is 0.503. The number of hydrogen-bond donors (Lipinski definition) is 0. The van der Waals surface area contributed by atoms with Crippen molar-refractivity contribution in [3.05, 3.63) is 42.1 Å². The molecule has 2 aromatic heterocycles. The van der Waals surface area contributed by atoms with Gasteiger partial charge in [0.2, 0.25) is 0 Å². The zero-order valence-corrected chi connectivity index (χ0v) is 20.0. The maximum absolute atomic E-state index is 12.9. The van der Waals surface area contributed by atoms with E-state index in [1.165, 1.54) is 12.3 Å². The fourth-order valence-corrected chi connectivity index (χ4v) is 7.16. The minimum atomic E-state index is -3.38. The van der Waals surface area contributed by atoms with Crippen LogP contribution in [0.1, 0.15) is 43.6 Å². The van der Waals surface area contributed by atoms with Crippen LogP contribution < -0.4 is 0 Å². The van der Waals surface area contributed by atoms with E-state index in [0.29, 0.717) is 27.9 Å². The number of pyridine rings is 1. The predicted octanol–water partition coefficient (Wildman–Crippen LogP) is 3.09. The van der Waals surface area contributed by atoms with E-state index in [4.69, 9.17) is 0 Å². The van der Waals surface area contributed by atoms with Crippen LogP contribution in [0.2, 0.25) is 0 Å². The van der Waals surface area contributed by atoms with E-state index in [2.05, 4.69) is 10.1 Å². The van der Waals surface area contributed by atoms with Crippen LogP contribution in [0.15, 0.2) is 41.4 Å². The summed E-state index contributed by atoms with van der Waals surface area (Å²) in [7, 11) is -6.42. The molecule has 1 saturated heterocycles. The fourth-order valence-electron chi connectivity index (χ4n) is 4.25. The zero-order chi connectivity index (χ0) is 23.5. The SMILES string of the molecule is CC(C)n1nc(-c2cccc(S(C)(=O)=O)c2)c2ncc(C(=O)CC3(C)CS(=O)(=O)C3)cc21. The average Bonchev–Trinajstić information content (AvgIpc) is 3.04. The van der Waals surface area contributed by atoms with Gasteiger partial charge in [-0.25, -0.2) is 16.8 Å². The van der Waals surface area contributed by atoms with Crippen molar-refractivity contribution in [2.24, 2.45) is 5.41 Å². The van der Waals surface area contributed by atoms with E-state index in [0.717, 1.165) is 6.26 Å². The topological polar surface area (TPSA) is 116 Å². The number of carbonyl (C=O) groups excluding carboxylic acids is 1. The third-order valence-corrected chi connectivity index (χ3v) is 9.00. The van der Waals surface area contributed by atoms with Crippen molar-refractivity contribution < 1.29 is 21.6 Å². The van der Waals surface area contributed by atoms with Gasteiger partial charge in [0.15, 0.2) is 25.5 Å². The summed E-state index contributed by atoms with van der Waals surface area (Å²) in [6.45, 7) is 5.72. The molecule has 0 spiro atoms. The van der Waals surface area contributed by atoms with E-state index in [1.54, 1.807) is 28.9 Å². The van der Waals surface area contributed by atoms with Gasteiger partial charge in [-0.3, -0.25) is 14.5 Å². The van der Waals surface area contributed by atoms with Crippen LogP contribution in [0.5, 0.6) is 0 Å². The lowest BCUT2D eigenvalue weighted by molar-refractivity contribution is 0.0936. The van der Waals surface area contributed by atoms with Gasteiger partial charge in [-0.2, -0.15) is 5.10 Å². The molecule has 1 aliphatic rings. The Morgan fingerprint density at radius 1 is 1.22 bits per heavy atom. The molecule has 32 heavy (non-hydrogen) atoms. The molecule has 0 N–H and O–H groups in total. The number of rotatable bonds is 6. The first-order valence-corrected chi connectivity index (χ1v) is 13.9. The molecule has 170 valence electrons. The molecule has 3 heterocycles. The van der Waals surface area contributed by atoms with Crippen LogP contribution in [0, 0.1) is 5.41 Å². The summed E-state index contributed by atoms with van der Waals surface area (Å²) in [5.41, 5.74) is 2.25. The van der Waals surface area contributed by atoms with Crippen LogP contribution in [0.4, 0.5) is 0 Å². The molecule has 0 bridgehead atoms. The Balaban J connectivity index is 1.76. The number of fused-ring (bicyclic) bond motifs is 1. The Kier molecular flexibility index (Phi) is 5.28. The second kappa shape index (κ2) is 7.48. The summed E-state index contributed by atoms with van der Waals surface area (Å²) in [4.78, 5) is 17.6. The lowest BCUT2D eigenvalue weighted by Crippen LogP contribution is -2.47. The smallest absolute Gasteiger partial charge is 0.175 e. The highest BCUT2D eigenvalue weighted by Crippen LogP contribution is 2.37. The monoisotopic (exact) mass is 475 g/mol. The lowest BCUT2D eigenvalue weighted by atomic mass is 9.86. The number of hydrogen-bond acceptors (Lipinski definition) is 7. The minimum Gasteiger partial charge on any atom is -0.294 e. The average molecular weight is 476 g/mol. The van der Waals surface area contributed by atoms with Crippen LogP contribution >= 0.6 is 0 Å². The van der Waals surface area contributed by atoms with Crippen molar-refractivity contribution in [2.45, 2.75) is 38.1 Å². The predicted molar refractivity (Wildman–Crippen MR) is 122 cm³/mol. The molecule has 0 aliphatic carbocycles. The summed E-state index contributed by atoms with van der Waals surface area (Å²) >= 11 is 0. The third-order valence-electron chi connectivity index (χ3n) is 5.62. The van der Waals surface area contributed by atoms with E-state index < -0.39 is 25.1 Å². The highest BCUT2D eigenvalue weighted by molar-refractivity contribution is 7.92. The molecular weight excluding hydrogens is 450 g/mol. The van der Waals surface area contributed by atoms with Crippen LogP contribution in [0.3, 0.4) is 0 Å². The fraction of sp³-hybridized carbons (Fsp3) is 0.409. The first-order chi connectivity index (χ1) is 14.8. The first-order valence-electron chi connectivity index (χ1n) is 10.2. The Labute approximate surface area is 187 Å². The Morgan fingerprint density at radius 2 is 1.91 bits per heavy atom. The van der Waals surface area contributed by atoms with Gasteiger partial charge in [-0.15, -0.1) is 0 Å². The molecule has 1 aromatic carbocycles. The normalized spacial score (nSPS) is 17.4. The zero-order valence-electron chi connectivity index (χ0n) is 18.4. The standard InChI is InChI=1S/C22H25N3O5S2/c1-14(2)25-18-9-16(19(26)10-22(3)12-32(29,30)13-22)11-23-21(18)20(24-25)15-6-5-7-17(8-15)31(4,27)28/h5-9,11,14H,10,12-13H2,1-4H3. The number of nitrogens with zero attached hydrogens (tertiary/aromatic N) is 3. The summed E-state index contributed by atoms with van der Waals surface area (Å²) in [6.07, 6.45) is 2.77. The third kappa shape index (κ3) is 4.21. The molecule has 1 fully saturated rings. The van der Waals surface area contributed by atoms with Crippen molar-refractivity contribution in [1.82, 2.24) is 14.8 Å². The van der Waals surface area contributed by atoms with E-state index in [-0.39, 0.29) is 34.6 Å². The summed E-state index contributed by atoms with van der Waals surface area (Å²) in [6, 6.07) is 8.26. The maximum atomic E-state index is 12.9. The molecule has 4 rings (SSSR count). The minimum absolute atomic E-state index is 0.0200. The molecule has 3 aromatic rings. The van der Waals surface area contributed by atoms with Crippen LogP contribution in [-0.4, -0.2) is 55.1 Å². The number of sulfone groups is 2. The Hall–Kier alpha value is -2.59. The summed E-state index contributed by atoms with van der Waals surface area (Å²) in [5, 5.41) is 4.67. The van der Waals surface area contributed by atoms with Gasteiger partial charge in [0.1, 0.15) is 11.2 Å². The van der Waals surface area contributed by atoms with E-state index in [1.807, 2.05) is 20.8 Å². The van der Waals surface area contributed by atoms with Gasteiger partial charge in [0.25, 0.3) is 0 Å². The molecule has 0 saturated carbocycles. The Bertz CT molecular complexity index is 1440. The van der Waals surface area contributed by atoms with Crippen molar-refractivity contribution >= 4 is 36.5 Å². The Morgan fingerprint density at radius 3 is 2.50 bits per heavy atom. The highest BCUT2D eigenvalue weighted by Gasteiger charge is 2.45. The summed E-state index contributed by atoms with van der Waals surface area (Å²) < 4.78 is 48.9. The molecule has 0 atom stereocenters. The number of ketones is 1. The van der Waals surface area contributed by atoms with E-state index >= 15 is 0 Å². The molecule has 0 amide bonds. The van der Waals surface area contributed by atoms with Crippen molar-refractivity contribution in [1.29, 1.82) is 0 Å².